The quantitative estimate of drug-likeness (QED) is 0.0456. The van der Waals surface area contributed by atoms with Gasteiger partial charge in [-0.15, -0.1) is 0 Å². The van der Waals surface area contributed by atoms with Gasteiger partial charge in [-0.2, -0.15) is 0 Å². The van der Waals surface area contributed by atoms with Crippen LogP contribution < -0.4 is 70.8 Å². The molecule has 0 aromatic heterocycles. The van der Waals surface area contributed by atoms with Crippen molar-refractivity contribution in [2.45, 2.75) is 171 Å². The van der Waals surface area contributed by atoms with Crippen molar-refractivity contribution in [2.75, 3.05) is 32.7 Å². The number of aliphatic hydroxyl groups is 3. The van der Waals surface area contributed by atoms with Crippen LogP contribution in [-0.2, 0) is 49.6 Å². The van der Waals surface area contributed by atoms with E-state index in [9.17, 15) is 58.5 Å². The Balaban J connectivity index is 2.64. The normalized spacial score (nSPS) is 24.1. The average molecular weight is 1020 g/mol. The Morgan fingerprint density at radius 2 is 1.10 bits per heavy atom. The molecule has 0 aliphatic carbocycles. The fraction of sp³-hybridized carbons (Fsp3) is 0.681. The fourth-order valence-corrected chi connectivity index (χ4v) is 7.74. The summed E-state index contributed by atoms with van der Waals surface area (Å²) in [6.07, 6.45) is -0.540. The zero-order valence-corrected chi connectivity index (χ0v) is 41.8. The van der Waals surface area contributed by atoms with E-state index in [1.54, 1.807) is 30.3 Å². The minimum atomic E-state index is -1.72. The van der Waals surface area contributed by atoms with E-state index in [1.807, 2.05) is 0 Å². The van der Waals surface area contributed by atoms with Gasteiger partial charge in [0.1, 0.15) is 48.3 Å². The molecule has 1 saturated heterocycles. The Morgan fingerprint density at radius 1 is 0.611 bits per heavy atom. The van der Waals surface area contributed by atoms with Crippen LogP contribution in [0.3, 0.4) is 0 Å². The largest absolute Gasteiger partial charge is 0.393 e. The standard InChI is InChI=1S/C47H81N13O12/c1-4-5-6-7-11-14-30(63)26-37(64)53-31(15-20-48)40(65)56-35-19-24-52-46(71)38(27(2)61)59-44(69)34(18-23-51)55-41(66)33(17-22-50)57-47(72)39(28(3)62)60-45(70)36(25-29-12-9-8-10-13-29)58-42(67)32(16-21-49)54-43(35)68/h8-10,12-13,27-28,30-36,38-39,61-63H,4-7,11,14-26,48-51H2,1-3H3,(H,52,71)(H,53,64)(H,54,68)(H,55,66)(H,56,65)(H,57,72)(H,58,67)(H,59,69)(H,60,70)/t27-,28-,30-,31-,32+,33+,34+,35+,36-,38+,39+/m1/s1. The van der Waals surface area contributed by atoms with Crippen LogP contribution in [0.2, 0.25) is 0 Å². The second-order valence-electron chi connectivity index (χ2n) is 18.0. The molecule has 1 heterocycles. The average Bonchev–Trinajstić information content (AvgIpc) is 3.33. The summed E-state index contributed by atoms with van der Waals surface area (Å²) in [7, 11) is 0. The van der Waals surface area contributed by atoms with E-state index in [0.717, 1.165) is 25.7 Å². The highest BCUT2D eigenvalue weighted by molar-refractivity contribution is 5.98. The minimum Gasteiger partial charge on any atom is -0.393 e. The molecule has 9 amide bonds. The van der Waals surface area contributed by atoms with Crippen LogP contribution in [0.1, 0.15) is 103 Å². The zero-order valence-electron chi connectivity index (χ0n) is 41.8. The van der Waals surface area contributed by atoms with E-state index in [1.165, 1.54) is 13.8 Å². The Bertz CT molecular complexity index is 1900. The number of hydrogen-bond acceptors (Lipinski definition) is 16. The Morgan fingerprint density at radius 3 is 1.62 bits per heavy atom. The van der Waals surface area contributed by atoms with Crippen molar-refractivity contribution < 1.29 is 58.5 Å². The van der Waals surface area contributed by atoms with Crippen molar-refractivity contribution in [3.05, 3.63) is 35.9 Å². The molecular formula is C47H81N13O12. The van der Waals surface area contributed by atoms with Crippen LogP contribution in [-0.4, -0.2) is 168 Å². The SMILES string of the molecule is CCCCCCC[C@@H](O)CC(=O)N[C@H](CCN)C(=O)N[C@H]1CCNC(=O)[C@H]([C@@H](C)O)NC(=O)[C@H](CCN)NC(=O)[C@H](CCN)NC(=O)[C@H]([C@@H](C)O)NC(=O)[C@@H](Cc2ccccc2)NC(=O)[C@H](CCN)NC1=O. The first kappa shape index (κ1) is 62.3. The number of nitrogens with one attached hydrogen (secondary N) is 9. The number of carbonyl (C=O) groups excluding carboxylic acids is 9. The fourth-order valence-electron chi connectivity index (χ4n) is 7.74. The van der Waals surface area contributed by atoms with Crippen molar-refractivity contribution in [3.8, 4) is 0 Å². The molecule has 1 aliphatic rings. The first-order valence-corrected chi connectivity index (χ1v) is 24.9. The van der Waals surface area contributed by atoms with Crippen molar-refractivity contribution in [3.63, 3.8) is 0 Å². The molecule has 406 valence electrons. The molecule has 1 aromatic carbocycles. The number of amides is 9. The summed E-state index contributed by atoms with van der Waals surface area (Å²) in [5, 5.41) is 54.5. The predicted molar refractivity (Wildman–Crippen MR) is 265 cm³/mol. The van der Waals surface area contributed by atoms with Gasteiger partial charge < -0.3 is 86.1 Å². The summed E-state index contributed by atoms with van der Waals surface area (Å²) in [6, 6.07) is -3.56. The van der Waals surface area contributed by atoms with Gasteiger partial charge in [0.2, 0.25) is 53.2 Å². The first-order chi connectivity index (χ1) is 34.3. The molecule has 2 rings (SSSR count). The molecule has 0 bridgehead atoms. The molecule has 25 nitrogen and oxygen atoms in total. The molecule has 25 heteroatoms. The molecule has 20 N–H and O–H groups in total. The lowest BCUT2D eigenvalue weighted by Gasteiger charge is -2.28. The Kier molecular flexibility index (Phi) is 29.2. The lowest BCUT2D eigenvalue weighted by atomic mass is 10.0. The Hall–Kier alpha value is -5.83. The summed E-state index contributed by atoms with van der Waals surface area (Å²) in [5.74, 6) is -8.23. The van der Waals surface area contributed by atoms with Gasteiger partial charge in [-0.25, -0.2) is 0 Å². The lowest BCUT2D eigenvalue weighted by Crippen LogP contribution is -2.62. The van der Waals surface area contributed by atoms with Gasteiger partial charge in [0.25, 0.3) is 0 Å². The second-order valence-corrected chi connectivity index (χ2v) is 18.0. The lowest BCUT2D eigenvalue weighted by molar-refractivity contribution is -0.137. The predicted octanol–water partition coefficient (Wildman–Crippen LogP) is -5.10. The number of carbonyl (C=O) groups is 9. The van der Waals surface area contributed by atoms with E-state index in [-0.39, 0.29) is 71.1 Å². The van der Waals surface area contributed by atoms with Gasteiger partial charge >= 0.3 is 0 Å². The highest BCUT2D eigenvalue weighted by Crippen LogP contribution is 2.11. The van der Waals surface area contributed by atoms with Gasteiger partial charge in [-0.1, -0.05) is 69.4 Å². The molecular weight excluding hydrogens is 939 g/mol. The van der Waals surface area contributed by atoms with Crippen LogP contribution in [0.5, 0.6) is 0 Å². The van der Waals surface area contributed by atoms with Crippen LogP contribution >= 0.6 is 0 Å². The van der Waals surface area contributed by atoms with Crippen molar-refractivity contribution >= 4 is 53.2 Å². The third kappa shape index (κ3) is 22.3. The molecule has 0 spiro atoms. The van der Waals surface area contributed by atoms with Crippen molar-refractivity contribution in [1.29, 1.82) is 0 Å². The number of rotatable bonds is 23. The maximum Gasteiger partial charge on any atom is 0.245 e. The van der Waals surface area contributed by atoms with Gasteiger partial charge in [0, 0.05) is 13.0 Å². The topological polar surface area (TPSA) is 427 Å². The molecule has 0 unspecified atom stereocenters. The summed E-state index contributed by atoms with van der Waals surface area (Å²) < 4.78 is 0. The van der Waals surface area contributed by atoms with Gasteiger partial charge in [0.15, 0.2) is 0 Å². The van der Waals surface area contributed by atoms with Crippen LogP contribution in [0.4, 0.5) is 0 Å². The van der Waals surface area contributed by atoms with E-state index < -0.39 is 126 Å². The highest BCUT2D eigenvalue weighted by atomic mass is 16.3. The van der Waals surface area contributed by atoms with E-state index in [0.29, 0.717) is 18.4 Å². The Labute approximate surface area is 421 Å². The number of hydrogen-bond donors (Lipinski definition) is 16. The monoisotopic (exact) mass is 1020 g/mol. The maximum absolute atomic E-state index is 14.3. The van der Waals surface area contributed by atoms with Crippen LogP contribution in [0.15, 0.2) is 30.3 Å². The number of benzene rings is 1. The first-order valence-electron chi connectivity index (χ1n) is 24.9. The molecule has 1 fully saturated rings. The molecule has 11 atom stereocenters. The van der Waals surface area contributed by atoms with Crippen LogP contribution in [0, 0.1) is 0 Å². The third-order valence-electron chi connectivity index (χ3n) is 11.8. The van der Waals surface area contributed by atoms with Crippen LogP contribution in [0.25, 0.3) is 0 Å². The number of aliphatic hydroxyl groups excluding tert-OH is 3. The van der Waals surface area contributed by atoms with Gasteiger partial charge in [-0.3, -0.25) is 43.2 Å². The zero-order chi connectivity index (χ0) is 53.8. The molecule has 1 aliphatic heterocycles. The maximum atomic E-state index is 14.3. The second kappa shape index (κ2) is 33.8. The minimum absolute atomic E-state index is 0.0824. The summed E-state index contributed by atoms with van der Waals surface area (Å²) in [4.78, 5) is 124. The number of nitrogens with two attached hydrogens (primary N) is 4. The smallest absolute Gasteiger partial charge is 0.245 e. The van der Waals surface area contributed by atoms with Crippen molar-refractivity contribution in [1.82, 2.24) is 47.9 Å². The van der Waals surface area contributed by atoms with E-state index in [2.05, 4.69) is 54.8 Å². The molecule has 1 aromatic rings. The molecule has 0 radical (unpaired) electrons. The molecule has 72 heavy (non-hydrogen) atoms. The van der Waals surface area contributed by atoms with E-state index >= 15 is 0 Å². The highest BCUT2D eigenvalue weighted by Gasteiger charge is 2.37. The summed E-state index contributed by atoms with van der Waals surface area (Å²) in [5.41, 5.74) is 23.8. The third-order valence-corrected chi connectivity index (χ3v) is 11.8. The summed E-state index contributed by atoms with van der Waals surface area (Å²) in [6.45, 7) is 3.55. The van der Waals surface area contributed by atoms with Gasteiger partial charge in [-0.05, 0) is 84.1 Å². The van der Waals surface area contributed by atoms with E-state index in [4.69, 9.17) is 22.9 Å². The number of unbranched alkanes of at least 4 members (excludes halogenated alkanes) is 4. The summed E-state index contributed by atoms with van der Waals surface area (Å²) >= 11 is 0. The van der Waals surface area contributed by atoms with Gasteiger partial charge in [0.05, 0.1) is 24.7 Å². The molecule has 0 saturated carbocycles. The van der Waals surface area contributed by atoms with Crippen molar-refractivity contribution in [2.24, 2.45) is 22.9 Å².